The molecular formula is C16H16N2O2. The number of nitrogens with one attached hydrogen (secondary N) is 1. The number of para-hydroxylation sites is 1. The monoisotopic (exact) mass is 268 g/mol. The predicted octanol–water partition coefficient (Wildman–Crippen LogP) is 2.97. The lowest BCUT2D eigenvalue weighted by molar-refractivity contribution is 0.0923. The molecule has 102 valence electrons. The van der Waals surface area contributed by atoms with Crippen molar-refractivity contribution in [2.24, 2.45) is 0 Å². The molecule has 0 saturated heterocycles. The summed E-state index contributed by atoms with van der Waals surface area (Å²) < 4.78 is 7.41. The van der Waals surface area contributed by atoms with Crippen molar-refractivity contribution in [3.63, 3.8) is 0 Å². The van der Waals surface area contributed by atoms with Crippen molar-refractivity contribution in [2.45, 2.75) is 13.5 Å². The first-order chi connectivity index (χ1) is 9.74. The summed E-state index contributed by atoms with van der Waals surface area (Å²) in [4.78, 5) is 11.8. The average Bonchev–Trinajstić information content (AvgIpc) is 3.06. The molecule has 3 rings (SSSR count). The van der Waals surface area contributed by atoms with E-state index in [-0.39, 0.29) is 5.91 Å². The van der Waals surface area contributed by atoms with E-state index in [1.54, 1.807) is 12.1 Å². The van der Waals surface area contributed by atoms with Crippen LogP contribution >= 0.6 is 0 Å². The maximum absolute atomic E-state index is 11.8. The Morgan fingerprint density at radius 3 is 2.85 bits per heavy atom. The highest BCUT2D eigenvalue weighted by atomic mass is 16.3. The fourth-order valence-corrected chi connectivity index (χ4v) is 2.27. The molecule has 0 saturated carbocycles. The largest absolute Gasteiger partial charge is 0.456 e. The first-order valence-corrected chi connectivity index (χ1v) is 6.62. The first kappa shape index (κ1) is 12.5. The van der Waals surface area contributed by atoms with Gasteiger partial charge in [-0.1, -0.05) is 18.2 Å². The summed E-state index contributed by atoms with van der Waals surface area (Å²) in [5.41, 5.74) is 1.18. The van der Waals surface area contributed by atoms with Gasteiger partial charge >= 0.3 is 0 Å². The summed E-state index contributed by atoms with van der Waals surface area (Å²) in [5.74, 6) is 0.931. The van der Waals surface area contributed by atoms with Crippen molar-refractivity contribution < 1.29 is 9.21 Å². The average molecular weight is 268 g/mol. The molecule has 0 aliphatic heterocycles. The molecule has 0 radical (unpaired) electrons. The highest BCUT2D eigenvalue weighted by molar-refractivity contribution is 5.91. The molecule has 3 aromatic rings. The van der Waals surface area contributed by atoms with Crippen LogP contribution in [-0.2, 0) is 6.54 Å². The van der Waals surface area contributed by atoms with Crippen molar-refractivity contribution in [1.29, 1.82) is 0 Å². The van der Waals surface area contributed by atoms with Gasteiger partial charge < -0.3 is 14.3 Å². The van der Waals surface area contributed by atoms with Gasteiger partial charge in [-0.25, -0.2) is 0 Å². The van der Waals surface area contributed by atoms with Crippen LogP contribution in [0.1, 0.15) is 16.3 Å². The van der Waals surface area contributed by atoms with Gasteiger partial charge in [0, 0.05) is 24.8 Å². The summed E-state index contributed by atoms with van der Waals surface area (Å²) in [6.45, 7) is 3.12. The number of aryl methyl sites for hydroxylation is 1. The molecule has 0 bridgehead atoms. The maximum atomic E-state index is 11.8. The summed E-state index contributed by atoms with van der Waals surface area (Å²) >= 11 is 0. The second-order valence-electron chi connectivity index (χ2n) is 4.73. The van der Waals surface area contributed by atoms with E-state index in [4.69, 9.17) is 4.42 Å². The zero-order chi connectivity index (χ0) is 13.9. The SMILES string of the molecule is Cc1ccc(C(=O)NCCn2ccc3ccccc32)o1. The van der Waals surface area contributed by atoms with Crippen LogP contribution in [0.15, 0.2) is 53.1 Å². The highest BCUT2D eigenvalue weighted by Gasteiger charge is 2.09. The third-order valence-electron chi connectivity index (χ3n) is 3.28. The summed E-state index contributed by atoms with van der Waals surface area (Å²) in [6, 6.07) is 13.7. The fourth-order valence-electron chi connectivity index (χ4n) is 2.27. The minimum absolute atomic E-state index is 0.172. The smallest absolute Gasteiger partial charge is 0.287 e. The van der Waals surface area contributed by atoms with Gasteiger partial charge in [0.15, 0.2) is 5.76 Å². The first-order valence-electron chi connectivity index (χ1n) is 6.62. The van der Waals surface area contributed by atoms with Crippen molar-refractivity contribution in [3.05, 3.63) is 60.2 Å². The van der Waals surface area contributed by atoms with Crippen molar-refractivity contribution in [2.75, 3.05) is 6.54 Å². The van der Waals surface area contributed by atoms with Crippen LogP contribution in [0.4, 0.5) is 0 Å². The molecule has 2 aromatic heterocycles. The fraction of sp³-hybridized carbons (Fsp3) is 0.188. The van der Waals surface area contributed by atoms with E-state index in [1.165, 1.54) is 10.9 Å². The maximum Gasteiger partial charge on any atom is 0.287 e. The van der Waals surface area contributed by atoms with Crippen LogP contribution in [0.25, 0.3) is 10.9 Å². The molecule has 0 spiro atoms. The number of amides is 1. The van der Waals surface area contributed by atoms with Crippen LogP contribution < -0.4 is 5.32 Å². The minimum atomic E-state index is -0.172. The van der Waals surface area contributed by atoms with Gasteiger partial charge in [-0.3, -0.25) is 4.79 Å². The number of fused-ring (bicyclic) bond motifs is 1. The highest BCUT2D eigenvalue weighted by Crippen LogP contribution is 2.14. The van der Waals surface area contributed by atoms with Crippen LogP contribution in [0.3, 0.4) is 0 Å². The Balaban J connectivity index is 1.61. The van der Waals surface area contributed by atoms with Gasteiger partial charge in [0.05, 0.1) is 0 Å². The predicted molar refractivity (Wildman–Crippen MR) is 77.7 cm³/mol. The molecule has 1 amide bonds. The second kappa shape index (κ2) is 5.25. The quantitative estimate of drug-likeness (QED) is 0.790. The Morgan fingerprint density at radius 1 is 1.20 bits per heavy atom. The number of benzene rings is 1. The summed E-state index contributed by atoms with van der Waals surface area (Å²) in [7, 11) is 0. The molecule has 2 heterocycles. The van der Waals surface area contributed by atoms with Crippen molar-refractivity contribution in [3.8, 4) is 0 Å². The molecule has 1 aromatic carbocycles. The Labute approximate surface area is 117 Å². The van der Waals surface area contributed by atoms with Crippen molar-refractivity contribution in [1.82, 2.24) is 9.88 Å². The number of hydrogen-bond donors (Lipinski definition) is 1. The molecule has 0 fully saturated rings. The number of rotatable bonds is 4. The molecule has 1 N–H and O–H groups in total. The standard InChI is InChI=1S/C16H16N2O2/c1-12-6-7-15(20-12)16(19)17-9-11-18-10-8-13-4-2-3-5-14(13)18/h2-8,10H,9,11H2,1H3,(H,17,19). The Hall–Kier alpha value is -2.49. The molecule has 20 heavy (non-hydrogen) atoms. The molecule has 0 atom stereocenters. The Bertz CT molecular complexity index is 740. The number of carbonyl (C=O) groups excluding carboxylic acids is 1. The lowest BCUT2D eigenvalue weighted by Crippen LogP contribution is -2.26. The normalized spacial score (nSPS) is 10.8. The molecule has 0 aliphatic rings. The van der Waals surface area contributed by atoms with Crippen LogP contribution in [0.2, 0.25) is 0 Å². The van der Waals surface area contributed by atoms with E-state index >= 15 is 0 Å². The minimum Gasteiger partial charge on any atom is -0.456 e. The zero-order valence-electron chi connectivity index (χ0n) is 11.3. The zero-order valence-corrected chi connectivity index (χ0v) is 11.3. The van der Waals surface area contributed by atoms with E-state index in [0.717, 1.165) is 12.3 Å². The molecule has 0 unspecified atom stereocenters. The molecule has 0 aliphatic carbocycles. The van der Waals surface area contributed by atoms with E-state index in [1.807, 2.05) is 25.3 Å². The lowest BCUT2D eigenvalue weighted by Gasteiger charge is -2.06. The Morgan fingerprint density at radius 2 is 2.05 bits per heavy atom. The third-order valence-corrected chi connectivity index (χ3v) is 3.28. The molecule has 4 nitrogen and oxygen atoms in total. The molecular weight excluding hydrogens is 252 g/mol. The van der Waals surface area contributed by atoms with Crippen molar-refractivity contribution >= 4 is 16.8 Å². The number of carbonyl (C=O) groups is 1. The Kier molecular flexibility index (Phi) is 3.29. The van der Waals surface area contributed by atoms with Gasteiger partial charge in [-0.05, 0) is 36.6 Å². The van der Waals surface area contributed by atoms with E-state index in [2.05, 4.69) is 28.1 Å². The van der Waals surface area contributed by atoms with Gasteiger partial charge in [0.2, 0.25) is 0 Å². The second-order valence-corrected chi connectivity index (χ2v) is 4.73. The van der Waals surface area contributed by atoms with Gasteiger partial charge in [-0.2, -0.15) is 0 Å². The van der Waals surface area contributed by atoms with E-state index in [9.17, 15) is 4.79 Å². The topological polar surface area (TPSA) is 47.2 Å². The van der Waals surface area contributed by atoms with E-state index in [0.29, 0.717) is 12.3 Å². The third kappa shape index (κ3) is 2.45. The number of aromatic nitrogens is 1. The number of furan rings is 1. The summed E-state index contributed by atoms with van der Waals surface area (Å²) in [5, 5.41) is 4.07. The number of hydrogen-bond acceptors (Lipinski definition) is 2. The van der Waals surface area contributed by atoms with Crippen LogP contribution in [0.5, 0.6) is 0 Å². The van der Waals surface area contributed by atoms with Gasteiger partial charge in [0.1, 0.15) is 5.76 Å². The van der Waals surface area contributed by atoms with Gasteiger partial charge in [0.25, 0.3) is 5.91 Å². The number of nitrogens with zero attached hydrogens (tertiary/aromatic N) is 1. The molecule has 4 heteroatoms. The van der Waals surface area contributed by atoms with Crippen LogP contribution in [-0.4, -0.2) is 17.0 Å². The lowest BCUT2D eigenvalue weighted by atomic mass is 10.2. The van der Waals surface area contributed by atoms with E-state index < -0.39 is 0 Å². The summed E-state index contributed by atoms with van der Waals surface area (Å²) in [6.07, 6.45) is 2.04. The van der Waals surface area contributed by atoms with Gasteiger partial charge in [-0.15, -0.1) is 0 Å². The van der Waals surface area contributed by atoms with Crippen LogP contribution in [0, 0.1) is 6.92 Å².